The number of fused-ring (bicyclic) bond motifs is 2. The fraction of sp³-hybridized carbons (Fsp3) is 0.294. The first-order valence-electron chi connectivity index (χ1n) is 6.50. The first kappa shape index (κ1) is 15.2. The third kappa shape index (κ3) is 3.58. The van der Waals surface area contributed by atoms with Crippen molar-refractivity contribution in [3.8, 4) is 0 Å². The van der Waals surface area contributed by atoms with Gasteiger partial charge in [0.25, 0.3) is 0 Å². The molecule has 0 fully saturated rings. The van der Waals surface area contributed by atoms with Gasteiger partial charge in [0.15, 0.2) is 0 Å². The Labute approximate surface area is 124 Å². The molecule has 2 aromatic carbocycles. The molecule has 0 bridgehead atoms. The largest absolute Gasteiger partial charge is 0.0901 e. The van der Waals surface area contributed by atoms with Gasteiger partial charge in [-0.1, -0.05) is 72.9 Å². The van der Waals surface area contributed by atoms with Crippen LogP contribution in [0.3, 0.4) is 0 Å². The fourth-order valence-electron chi connectivity index (χ4n) is 2.11. The van der Waals surface area contributed by atoms with Gasteiger partial charge in [-0.25, -0.2) is 0 Å². The van der Waals surface area contributed by atoms with Gasteiger partial charge < -0.3 is 0 Å². The van der Waals surface area contributed by atoms with Crippen molar-refractivity contribution in [1.29, 1.82) is 0 Å². The summed E-state index contributed by atoms with van der Waals surface area (Å²) in [4.78, 5) is 1.97. The summed E-state index contributed by atoms with van der Waals surface area (Å²) in [5, 5.41) is 5.49. The second-order valence-electron chi connectivity index (χ2n) is 3.81. The lowest BCUT2D eigenvalue weighted by atomic mass is 10.0. The van der Waals surface area contributed by atoms with E-state index in [2.05, 4.69) is 71.1 Å². The molecule has 0 aliphatic heterocycles. The molecule has 3 rings (SSSR count). The van der Waals surface area contributed by atoms with Crippen molar-refractivity contribution < 1.29 is 0 Å². The Hall–Kier alpha value is -0.830. The van der Waals surface area contributed by atoms with Gasteiger partial charge >= 0.3 is 0 Å². The van der Waals surface area contributed by atoms with Crippen molar-refractivity contribution in [2.24, 2.45) is 0 Å². The third-order valence-electron chi connectivity index (χ3n) is 2.85. The van der Waals surface area contributed by atoms with E-state index >= 15 is 0 Å². The van der Waals surface area contributed by atoms with E-state index < -0.39 is 0 Å². The van der Waals surface area contributed by atoms with Crippen molar-refractivity contribution in [2.45, 2.75) is 26.7 Å². The maximum Gasteiger partial charge on any atom is -0.0121 e. The van der Waals surface area contributed by atoms with Crippen LogP contribution in [-0.2, 0) is 0 Å². The number of rotatable bonds is 0. The van der Waals surface area contributed by atoms with E-state index in [0.29, 0.717) is 0 Å². The molecule has 0 spiro atoms. The molecule has 0 saturated carbocycles. The summed E-state index contributed by atoms with van der Waals surface area (Å²) in [7, 11) is 0. The van der Waals surface area contributed by atoms with Crippen LogP contribution in [0.25, 0.3) is 22.9 Å². The zero-order valence-electron chi connectivity index (χ0n) is 11.4. The van der Waals surface area contributed by atoms with Crippen LogP contribution in [0.2, 0.25) is 0 Å². The zero-order valence-corrected chi connectivity index (χ0v) is 13.6. The summed E-state index contributed by atoms with van der Waals surface area (Å²) in [6.07, 6.45) is 7.04. The normalized spacial score (nSPS) is 11.8. The minimum Gasteiger partial charge on any atom is -0.0901 e. The van der Waals surface area contributed by atoms with Crippen molar-refractivity contribution in [3.63, 3.8) is 0 Å². The standard InChI is InChI=1S/C14H12.C2H6.CH3I/c1-2-6-12-10-14-8-4-3-7-13(14)9-11(12)5-1;2*1-2/h1-2,5-10H,3-4H2;1-2H3;1H3. The molecule has 0 aromatic heterocycles. The molecular formula is C17H21I. The maximum atomic E-state index is 2.34. The van der Waals surface area contributed by atoms with Gasteiger partial charge in [0.2, 0.25) is 0 Å². The summed E-state index contributed by atoms with van der Waals surface area (Å²) in [5.41, 5.74) is 0. The lowest BCUT2D eigenvalue weighted by Crippen LogP contribution is -2.25. The molecule has 0 radical (unpaired) electrons. The Morgan fingerprint density at radius 1 is 0.778 bits per heavy atom. The highest BCUT2D eigenvalue weighted by Gasteiger charge is 1.96. The molecule has 0 heterocycles. The number of hydrogen-bond acceptors (Lipinski definition) is 0. The molecule has 0 unspecified atom stereocenters. The van der Waals surface area contributed by atoms with Crippen LogP contribution >= 0.6 is 22.6 Å². The van der Waals surface area contributed by atoms with Crippen LogP contribution in [0.1, 0.15) is 26.7 Å². The van der Waals surface area contributed by atoms with Gasteiger partial charge in [-0.3, -0.25) is 0 Å². The van der Waals surface area contributed by atoms with Crippen LogP contribution in [0, 0.1) is 0 Å². The number of hydrogen-bond donors (Lipinski definition) is 0. The molecule has 18 heavy (non-hydrogen) atoms. The Bertz CT molecular complexity index is 542. The first-order valence-corrected chi connectivity index (χ1v) is 8.66. The lowest BCUT2D eigenvalue weighted by molar-refractivity contribution is 1.12. The molecular weight excluding hydrogens is 331 g/mol. The molecule has 0 amide bonds. The zero-order chi connectivity index (χ0) is 13.4. The highest BCUT2D eigenvalue weighted by atomic mass is 127. The van der Waals surface area contributed by atoms with Crippen molar-refractivity contribution in [1.82, 2.24) is 0 Å². The van der Waals surface area contributed by atoms with Gasteiger partial charge in [0.05, 0.1) is 0 Å². The van der Waals surface area contributed by atoms with Crippen LogP contribution in [-0.4, -0.2) is 4.93 Å². The van der Waals surface area contributed by atoms with E-state index in [1.165, 1.54) is 34.1 Å². The molecule has 1 heteroatoms. The summed E-state index contributed by atoms with van der Waals surface area (Å²) in [6, 6.07) is 13.1. The monoisotopic (exact) mass is 352 g/mol. The van der Waals surface area contributed by atoms with Gasteiger partial charge in [0.1, 0.15) is 0 Å². The van der Waals surface area contributed by atoms with Gasteiger partial charge in [-0.05, 0) is 51.1 Å². The van der Waals surface area contributed by atoms with Crippen LogP contribution < -0.4 is 10.4 Å². The van der Waals surface area contributed by atoms with Gasteiger partial charge in [-0.2, -0.15) is 0 Å². The summed E-state index contributed by atoms with van der Waals surface area (Å²) in [6.45, 7) is 4.00. The summed E-state index contributed by atoms with van der Waals surface area (Å²) in [5.74, 6) is 0. The quantitative estimate of drug-likeness (QED) is 0.491. The minimum atomic E-state index is 1.19. The molecule has 2 aromatic rings. The van der Waals surface area contributed by atoms with Crippen LogP contribution in [0.4, 0.5) is 0 Å². The average molecular weight is 352 g/mol. The van der Waals surface area contributed by atoms with E-state index in [-0.39, 0.29) is 0 Å². The van der Waals surface area contributed by atoms with E-state index in [1.54, 1.807) is 0 Å². The van der Waals surface area contributed by atoms with E-state index in [0.717, 1.165) is 0 Å². The minimum absolute atomic E-state index is 1.19. The number of alkyl halides is 1. The summed E-state index contributed by atoms with van der Waals surface area (Å²) < 4.78 is 0. The molecule has 96 valence electrons. The molecule has 0 atom stereocenters. The predicted octanol–water partition coefficient (Wildman–Crippen LogP) is 4.27. The first-order chi connectivity index (χ1) is 8.93. The van der Waals surface area contributed by atoms with Crippen molar-refractivity contribution in [2.75, 3.05) is 4.93 Å². The number of benzene rings is 2. The molecule has 0 N–H and O–H groups in total. The second kappa shape index (κ2) is 8.30. The topological polar surface area (TPSA) is 0 Å². The molecule has 1 aliphatic carbocycles. The molecule has 1 aliphatic rings. The highest BCUT2D eigenvalue weighted by Crippen LogP contribution is 2.09. The van der Waals surface area contributed by atoms with E-state index in [9.17, 15) is 0 Å². The SMILES string of the molecule is C1=c2cc3ccccc3cc2=CCC1.CC.CI. The van der Waals surface area contributed by atoms with Crippen LogP contribution in [0.15, 0.2) is 36.4 Å². The van der Waals surface area contributed by atoms with E-state index in [1.807, 2.05) is 18.8 Å². The van der Waals surface area contributed by atoms with Gasteiger partial charge in [-0.15, -0.1) is 0 Å². The number of halogens is 1. The Balaban J connectivity index is 0.000000371. The molecule has 0 saturated heterocycles. The third-order valence-corrected chi connectivity index (χ3v) is 2.85. The smallest absolute Gasteiger partial charge is 0.0121 e. The van der Waals surface area contributed by atoms with Crippen molar-refractivity contribution in [3.05, 3.63) is 46.8 Å². The summed E-state index contributed by atoms with van der Waals surface area (Å²) >= 11 is 2.15. The van der Waals surface area contributed by atoms with Crippen LogP contribution in [0.5, 0.6) is 0 Å². The highest BCUT2D eigenvalue weighted by molar-refractivity contribution is 14.1. The Morgan fingerprint density at radius 2 is 1.17 bits per heavy atom. The van der Waals surface area contributed by atoms with Crippen molar-refractivity contribution >= 4 is 45.5 Å². The van der Waals surface area contributed by atoms with E-state index in [4.69, 9.17) is 0 Å². The average Bonchev–Trinajstić information content (AvgIpc) is 2.49. The van der Waals surface area contributed by atoms with Gasteiger partial charge in [0, 0.05) is 0 Å². The maximum absolute atomic E-state index is 2.34. The second-order valence-corrected chi connectivity index (χ2v) is 3.81. The predicted molar refractivity (Wildman–Crippen MR) is 92.7 cm³/mol. The fourth-order valence-corrected chi connectivity index (χ4v) is 2.11. The lowest BCUT2D eigenvalue weighted by Gasteiger charge is -2.02. The Kier molecular flexibility index (Phi) is 7.02. The molecule has 0 nitrogen and oxygen atoms in total. The Morgan fingerprint density at radius 3 is 1.56 bits per heavy atom.